The summed E-state index contributed by atoms with van der Waals surface area (Å²) in [5.41, 5.74) is 1.93. The Morgan fingerprint density at radius 3 is 2.51 bits per heavy atom. The van der Waals surface area contributed by atoms with Gasteiger partial charge in [-0.25, -0.2) is 4.39 Å². The first-order chi connectivity index (χ1) is 19.5. The molecule has 0 bridgehead atoms. The van der Waals surface area contributed by atoms with E-state index >= 15 is 0 Å². The van der Waals surface area contributed by atoms with E-state index in [-0.39, 0.29) is 29.6 Å². The lowest BCUT2D eigenvalue weighted by Crippen LogP contribution is -2.59. The van der Waals surface area contributed by atoms with Gasteiger partial charge >= 0.3 is 0 Å². The molecule has 2 N–H and O–H groups in total. The quantitative estimate of drug-likeness (QED) is 0.392. The van der Waals surface area contributed by atoms with Crippen LogP contribution in [0.2, 0.25) is 0 Å². The maximum atomic E-state index is 13.9. The van der Waals surface area contributed by atoms with Gasteiger partial charge < -0.3 is 24.8 Å². The van der Waals surface area contributed by atoms with Crippen molar-refractivity contribution in [3.63, 3.8) is 0 Å². The second kappa shape index (κ2) is 12.9. The summed E-state index contributed by atoms with van der Waals surface area (Å²) in [6, 6.07) is 12.7. The van der Waals surface area contributed by atoms with Crippen molar-refractivity contribution < 1.29 is 18.8 Å². The molecule has 3 aromatic rings. The second-order valence-electron chi connectivity index (χ2n) is 12.0. The van der Waals surface area contributed by atoms with Gasteiger partial charge in [0, 0.05) is 43.6 Å². The van der Waals surface area contributed by atoms with E-state index in [0.29, 0.717) is 31.6 Å². The standard InChI is InChI=1S/C32H42FN5O3/c1-22(34-5)29(39)35-28(32(2,3)4)31(41)38-17-8-10-27(38)21-37(18-15-23-11-13-25(33)14-12-23)30(40)24-19-26-9-6-7-16-36(26)20-24/h6-7,9,11-14,16,19-20,22,27-28,34H,8,10,15,17-18,21H2,1-5H3,(H,35,39)/t22-,27-,28+/m0/s1. The second-order valence-corrected chi connectivity index (χ2v) is 12.0. The zero-order chi connectivity index (χ0) is 29.7. The van der Waals surface area contributed by atoms with Gasteiger partial charge in [0.05, 0.1) is 11.6 Å². The van der Waals surface area contributed by atoms with E-state index < -0.39 is 17.5 Å². The Morgan fingerprint density at radius 1 is 1.12 bits per heavy atom. The highest BCUT2D eigenvalue weighted by molar-refractivity contribution is 5.96. The number of halogens is 1. The predicted molar refractivity (Wildman–Crippen MR) is 158 cm³/mol. The highest BCUT2D eigenvalue weighted by Crippen LogP contribution is 2.27. The number of aromatic nitrogens is 1. The van der Waals surface area contributed by atoms with Gasteiger partial charge in [-0.3, -0.25) is 14.4 Å². The minimum atomic E-state index is -0.702. The van der Waals surface area contributed by atoms with Crippen LogP contribution < -0.4 is 10.6 Å². The molecule has 1 aromatic carbocycles. The van der Waals surface area contributed by atoms with Crippen molar-refractivity contribution in [3.8, 4) is 0 Å². The number of amides is 3. The molecule has 9 heteroatoms. The molecule has 3 atom stereocenters. The summed E-state index contributed by atoms with van der Waals surface area (Å²) in [4.78, 5) is 44.2. The van der Waals surface area contributed by atoms with Crippen LogP contribution in [0.15, 0.2) is 60.9 Å². The highest BCUT2D eigenvalue weighted by atomic mass is 19.1. The highest BCUT2D eigenvalue weighted by Gasteiger charge is 2.40. The molecule has 0 aliphatic carbocycles. The van der Waals surface area contributed by atoms with Crippen LogP contribution in [-0.4, -0.2) is 76.7 Å². The topological polar surface area (TPSA) is 86.2 Å². The van der Waals surface area contributed by atoms with Gasteiger partial charge in [0.15, 0.2) is 0 Å². The Bertz CT molecular complexity index is 1330. The minimum Gasteiger partial charge on any atom is -0.342 e. The lowest BCUT2D eigenvalue weighted by Gasteiger charge is -2.37. The van der Waals surface area contributed by atoms with Crippen molar-refractivity contribution in [1.82, 2.24) is 24.8 Å². The zero-order valence-corrected chi connectivity index (χ0v) is 24.7. The lowest BCUT2D eigenvalue weighted by molar-refractivity contribution is -0.140. The molecule has 1 aliphatic heterocycles. The van der Waals surface area contributed by atoms with Crippen LogP contribution in [0.1, 0.15) is 56.5 Å². The van der Waals surface area contributed by atoms with Gasteiger partial charge in [0.25, 0.3) is 5.91 Å². The van der Waals surface area contributed by atoms with E-state index in [1.54, 1.807) is 26.1 Å². The van der Waals surface area contributed by atoms with E-state index in [4.69, 9.17) is 0 Å². The number of rotatable bonds is 10. The minimum absolute atomic E-state index is 0.112. The molecule has 41 heavy (non-hydrogen) atoms. The molecular weight excluding hydrogens is 521 g/mol. The predicted octanol–water partition coefficient (Wildman–Crippen LogP) is 3.89. The average Bonchev–Trinajstić information content (AvgIpc) is 3.60. The maximum Gasteiger partial charge on any atom is 0.255 e. The first-order valence-electron chi connectivity index (χ1n) is 14.4. The van der Waals surface area contributed by atoms with E-state index in [1.165, 1.54) is 12.1 Å². The smallest absolute Gasteiger partial charge is 0.255 e. The van der Waals surface area contributed by atoms with Crippen molar-refractivity contribution in [2.75, 3.05) is 26.7 Å². The maximum absolute atomic E-state index is 13.9. The largest absolute Gasteiger partial charge is 0.342 e. The van der Waals surface area contributed by atoms with Gasteiger partial charge in [-0.2, -0.15) is 0 Å². The number of carbonyl (C=O) groups is 3. The Balaban J connectivity index is 1.57. The molecule has 4 rings (SSSR count). The van der Waals surface area contributed by atoms with Crippen LogP contribution in [0.25, 0.3) is 5.52 Å². The number of pyridine rings is 1. The number of fused-ring (bicyclic) bond motifs is 1. The third kappa shape index (κ3) is 7.33. The lowest BCUT2D eigenvalue weighted by atomic mass is 9.85. The SMILES string of the molecule is CN[C@@H](C)C(=O)N[C@H](C(=O)N1CCC[C@H]1CN(CCc1ccc(F)cc1)C(=O)c1cc2ccccn2c1)C(C)(C)C. The van der Waals surface area contributed by atoms with Gasteiger partial charge in [0.1, 0.15) is 11.9 Å². The summed E-state index contributed by atoms with van der Waals surface area (Å²) in [6.45, 7) is 8.96. The van der Waals surface area contributed by atoms with Crippen molar-refractivity contribution in [1.29, 1.82) is 0 Å². The fourth-order valence-corrected chi connectivity index (χ4v) is 5.33. The molecule has 3 heterocycles. The van der Waals surface area contributed by atoms with Crippen molar-refractivity contribution in [2.24, 2.45) is 5.41 Å². The van der Waals surface area contributed by atoms with E-state index in [2.05, 4.69) is 10.6 Å². The van der Waals surface area contributed by atoms with Gasteiger partial charge in [0.2, 0.25) is 11.8 Å². The Labute approximate surface area is 241 Å². The molecule has 8 nitrogen and oxygen atoms in total. The number of hydrogen-bond donors (Lipinski definition) is 2. The summed E-state index contributed by atoms with van der Waals surface area (Å²) in [5, 5.41) is 5.90. The van der Waals surface area contributed by atoms with Crippen LogP contribution in [0.4, 0.5) is 4.39 Å². The van der Waals surface area contributed by atoms with Gasteiger partial charge in [-0.1, -0.05) is 39.0 Å². The molecular formula is C32H42FN5O3. The van der Waals surface area contributed by atoms with Crippen molar-refractivity contribution in [3.05, 3.63) is 77.9 Å². The molecule has 0 spiro atoms. The first-order valence-corrected chi connectivity index (χ1v) is 14.4. The number of hydrogen-bond acceptors (Lipinski definition) is 4. The number of likely N-dealkylation sites (N-methyl/N-ethyl adjacent to an activating group) is 1. The summed E-state index contributed by atoms with van der Waals surface area (Å²) >= 11 is 0. The average molecular weight is 564 g/mol. The number of benzene rings is 1. The molecule has 0 saturated carbocycles. The number of carbonyl (C=O) groups excluding carboxylic acids is 3. The summed E-state index contributed by atoms with van der Waals surface area (Å²) in [5.74, 6) is -0.767. The number of nitrogens with zero attached hydrogens (tertiary/aromatic N) is 3. The Morgan fingerprint density at radius 2 is 1.85 bits per heavy atom. The first kappa shape index (κ1) is 30.2. The molecule has 1 saturated heterocycles. The van der Waals surface area contributed by atoms with Crippen LogP contribution in [-0.2, 0) is 16.0 Å². The summed E-state index contributed by atoms with van der Waals surface area (Å²) in [6.07, 6.45) is 5.88. The molecule has 0 radical (unpaired) electrons. The summed E-state index contributed by atoms with van der Waals surface area (Å²) < 4.78 is 15.4. The van der Waals surface area contributed by atoms with Crippen LogP contribution in [0.5, 0.6) is 0 Å². The third-order valence-electron chi connectivity index (χ3n) is 7.94. The third-order valence-corrected chi connectivity index (χ3v) is 7.94. The molecule has 220 valence electrons. The zero-order valence-electron chi connectivity index (χ0n) is 24.7. The fraction of sp³-hybridized carbons (Fsp3) is 0.469. The molecule has 1 aliphatic rings. The van der Waals surface area contributed by atoms with E-state index in [1.807, 2.05) is 71.6 Å². The monoisotopic (exact) mass is 563 g/mol. The van der Waals surface area contributed by atoms with Crippen molar-refractivity contribution >= 4 is 23.2 Å². The molecule has 3 amide bonds. The fourth-order valence-electron chi connectivity index (χ4n) is 5.33. The Hall–Kier alpha value is -3.72. The van der Waals surface area contributed by atoms with E-state index in [9.17, 15) is 18.8 Å². The number of nitrogens with one attached hydrogen (secondary N) is 2. The van der Waals surface area contributed by atoms with Gasteiger partial charge in [-0.05, 0) is 74.5 Å². The Kier molecular flexibility index (Phi) is 9.48. The van der Waals surface area contributed by atoms with Gasteiger partial charge in [-0.15, -0.1) is 0 Å². The molecule has 1 fully saturated rings. The van der Waals surface area contributed by atoms with E-state index in [0.717, 1.165) is 23.9 Å². The van der Waals surface area contributed by atoms with Crippen molar-refractivity contribution in [2.45, 2.75) is 65.1 Å². The van der Waals surface area contributed by atoms with Crippen LogP contribution in [0.3, 0.4) is 0 Å². The van der Waals surface area contributed by atoms with Crippen LogP contribution in [0, 0.1) is 11.2 Å². The van der Waals surface area contributed by atoms with Crippen LogP contribution >= 0.6 is 0 Å². The normalized spacial score (nSPS) is 16.9. The molecule has 2 aromatic heterocycles. The number of likely N-dealkylation sites (tertiary alicyclic amines) is 1. The summed E-state index contributed by atoms with van der Waals surface area (Å²) in [7, 11) is 1.71. The molecule has 0 unspecified atom stereocenters.